The largest absolute Gasteiger partial charge is 0.364 e. The van der Waals surface area contributed by atoms with Gasteiger partial charge in [-0.1, -0.05) is 12.1 Å². The van der Waals surface area contributed by atoms with E-state index in [0.717, 1.165) is 24.2 Å². The number of ether oxygens (including phenoxy) is 1. The Hall–Kier alpha value is -0.820. The van der Waals surface area contributed by atoms with Crippen LogP contribution in [-0.2, 0) is 9.53 Å². The number of fused-ring (bicyclic) bond motifs is 1. The Balaban J connectivity index is 0.00000176. The van der Waals surface area contributed by atoms with Gasteiger partial charge in [-0.05, 0) is 30.9 Å². The van der Waals surface area contributed by atoms with Crippen molar-refractivity contribution >= 4 is 30.1 Å². The Morgan fingerprint density at radius 1 is 1.41 bits per heavy atom. The molecule has 0 aliphatic carbocycles. The standard InChI is InChI=1S/C15H19FN2O2S.ClH/c16-11-3-1-2-10-12(6-7-21-14(10)11)18-15(19)13-5-4-9(8-17)20-13;/h1-3,9,12-13H,4-8,17H2,(H,18,19);1H/t9-,12?,13+;/m1./s1. The van der Waals surface area contributed by atoms with Gasteiger partial charge in [0.05, 0.1) is 12.1 Å². The number of nitrogens with two attached hydrogens (primary N) is 1. The number of amides is 1. The summed E-state index contributed by atoms with van der Waals surface area (Å²) in [4.78, 5) is 12.9. The molecule has 3 N–H and O–H groups in total. The van der Waals surface area contributed by atoms with Crippen LogP contribution in [0.25, 0.3) is 0 Å². The van der Waals surface area contributed by atoms with Gasteiger partial charge in [0.2, 0.25) is 5.91 Å². The highest BCUT2D eigenvalue weighted by atomic mass is 35.5. The molecule has 2 aliphatic rings. The summed E-state index contributed by atoms with van der Waals surface area (Å²) in [6.45, 7) is 0.442. The monoisotopic (exact) mass is 346 g/mol. The number of carbonyl (C=O) groups excluding carboxylic acids is 1. The molecule has 0 bridgehead atoms. The average molecular weight is 347 g/mol. The summed E-state index contributed by atoms with van der Waals surface area (Å²) in [5, 5.41) is 3.00. The second-order valence-electron chi connectivity index (χ2n) is 5.42. The Morgan fingerprint density at radius 2 is 2.23 bits per heavy atom. The second kappa shape index (κ2) is 7.64. The molecule has 1 unspecified atom stereocenters. The van der Waals surface area contributed by atoms with Crippen LogP contribution >= 0.6 is 24.2 Å². The Morgan fingerprint density at radius 3 is 2.95 bits per heavy atom. The molecule has 1 aromatic carbocycles. The van der Waals surface area contributed by atoms with Crippen LogP contribution in [0.3, 0.4) is 0 Å². The van der Waals surface area contributed by atoms with Crippen molar-refractivity contribution in [2.75, 3.05) is 12.3 Å². The van der Waals surface area contributed by atoms with Crippen molar-refractivity contribution in [3.8, 4) is 0 Å². The molecule has 122 valence electrons. The van der Waals surface area contributed by atoms with Crippen LogP contribution in [0.4, 0.5) is 4.39 Å². The first-order valence-corrected chi connectivity index (χ1v) is 8.24. The van der Waals surface area contributed by atoms with Gasteiger partial charge >= 0.3 is 0 Å². The third-order valence-corrected chi connectivity index (χ3v) is 5.16. The predicted molar refractivity (Wildman–Crippen MR) is 86.8 cm³/mol. The topological polar surface area (TPSA) is 64.4 Å². The highest BCUT2D eigenvalue weighted by Gasteiger charge is 2.32. The van der Waals surface area contributed by atoms with Gasteiger partial charge in [-0.15, -0.1) is 24.2 Å². The zero-order valence-electron chi connectivity index (χ0n) is 12.1. The van der Waals surface area contributed by atoms with Gasteiger partial charge in [0.25, 0.3) is 0 Å². The molecular formula is C15H20ClFN2O2S. The van der Waals surface area contributed by atoms with Crippen LogP contribution in [0.5, 0.6) is 0 Å². The number of rotatable bonds is 3. The fraction of sp³-hybridized carbons (Fsp3) is 0.533. The number of thioether (sulfide) groups is 1. The number of halogens is 2. The van der Waals surface area contributed by atoms with Crippen LogP contribution in [0.15, 0.2) is 23.1 Å². The lowest BCUT2D eigenvalue weighted by Gasteiger charge is -2.27. The zero-order chi connectivity index (χ0) is 14.8. The fourth-order valence-electron chi connectivity index (χ4n) is 2.87. The highest BCUT2D eigenvalue weighted by molar-refractivity contribution is 7.99. The van der Waals surface area contributed by atoms with E-state index in [1.165, 1.54) is 17.8 Å². The van der Waals surface area contributed by atoms with Crippen molar-refractivity contribution in [1.29, 1.82) is 0 Å². The van der Waals surface area contributed by atoms with E-state index in [4.69, 9.17) is 10.5 Å². The SMILES string of the molecule is Cl.NC[C@H]1CC[C@@H](C(=O)NC2CCSc3c(F)cccc32)O1. The lowest BCUT2D eigenvalue weighted by atomic mass is 10.0. The van der Waals surface area contributed by atoms with Crippen LogP contribution in [0.1, 0.15) is 30.9 Å². The van der Waals surface area contributed by atoms with Gasteiger partial charge < -0.3 is 15.8 Å². The molecule has 1 saturated heterocycles. The third kappa shape index (κ3) is 3.56. The lowest BCUT2D eigenvalue weighted by Crippen LogP contribution is -2.38. The van der Waals surface area contributed by atoms with E-state index in [1.54, 1.807) is 6.07 Å². The van der Waals surface area contributed by atoms with E-state index < -0.39 is 6.10 Å². The first-order chi connectivity index (χ1) is 10.2. The minimum atomic E-state index is -0.426. The first-order valence-electron chi connectivity index (χ1n) is 7.26. The number of carbonyl (C=O) groups is 1. The summed E-state index contributed by atoms with van der Waals surface area (Å²) in [6.07, 6.45) is 1.88. The van der Waals surface area contributed by atoms with Crippen molar-refractivity contribution in [2.24, 2.45) is 5.73 Å². The van der Waals surface area contributed by atoms with Crippen molar-refractivity contribution in [2.45, 2.75) is 42.4 Å². The van der Waals surface area contributed by atoms with Crippen molar-refractivity contribution in [1.82, 2.24) is 5.32 Å². The molecule has 0 aromatic heterocycles. The van der Waals surface area contributed by atoms with E-state index in [1.807, 2.05) is 6.07 Å². The van der Waals surface area contributed by atoms with E-state index in [2.05, 4.69) is 5.32 Å². The quantitative estimate of drug-likeness (QED) is 0.882. The maximum absolute atomic E-state index is 13.8. The van der Waals surface area contributed by atoms with Gasteiger partial charge in [-0.3, -0.25) is 4.79 Å². The molecule has 0 saturated carbocycles. The van der Waals surface area contributed by atoms with E-state index >= 15 is 0 Å². The Labute approximate surface area is 139 Å². The average Bonchev–Trinajstić information content (AvgIpc) is 2.97. The van der Waals surface area contributed by atoms with Gasteiger partial charge in [0.1, 0.15) is 11.9 Å². The van der Waals surface area contributed by atoms with Crippen molar-refractivity contribution in [3.05, 3.63) is 29.6 Å². The van der Waals surface area contributed by atoms with Crippen LogP contribution in [0.2, 0.25) is 0 Å². The molecule has 3 rings (SSSR count). The predicted octanol–water partition coefficient (Wildman–Crippen LogP) is 2.41. The molecule has 22 heavy (non-hydrogen) atoms. The van der Waals surface area contributed by atoms with E-state index in [0.29, 0.717) is 17.9 Å². The molecule has 3 atom stereocenters. The second-order valence-corrected chi connectivity index (χ2v) is 6.52. The number of hydrogen-bond donors (Lipinski definition) is 2. The Bertz CT molecular complexity index is 546. The van der Waals surface area contributed by atoms with E-state index in [9.17, 15) is 9.18 Å². The van der Waals surface area contributed by atoms with Gasteiger partial charge in [0.15, 0.2) is 0 Å². The van der Waals surface area contributed by atoms with Crippen molar-refractivity contribution in [3.63, 3.8) is 0 Å². The molecular weight excluding hydrogens is 327 g/mol. The summed E-state index contributed by atoms with van der Waals surface area (Å²) in [7, 11) is 0. The highest BCUT2D eigenvalue weighted by Crippen LogP contribution is 2.37. The summed E-state index contributed by atoms with van der Waals surface area (Å²) in [5.74, 6) is 0.477. The first kappa shape index (κ1) is 17.5. The van der Waals surface area contributed by atoms with Gasteiger partial charge in [-0.25, -0.2) is 4.39 Å². The molecule has 2 aliphatic heterocycles. The molecule has 2 heterocycles. The summed E-state index contributed by atoms with van der Waals surface area (Å²) < 4.78 is 19.4. The maximum Gasteiger partial charge on any atom is 0.249 e. The number of hydrogen-bond acceptors (Lipinski definition) is 4. The number of nitrogens with one attached hydrogen (secondary N) is 1. The van der Waals surface area contributed by atoms with Gasteiger partial charge in [0, 0.05) is 17.2 Å². The molecule has 0 spiro atoms. The maximum atomic E-state index is 13.8. The molecule has 1 amide bonds. The van der Waals surface area contributed by atoms with Gasteiger partial charge in [-0.2, -0.15) is 0 Å². The number of benzene rings is 1. The molecule has 0 radical (unpaired) electrons. The fourth-order valence-corrected chi connectivity index (χ4v) is 4.01. The smallest absolute Gasteiger partial charge is 0.249 e. The molecule has 7 heteroatoms. The van der Waals surface area contributed by atoms with E-state index in [-0.39, 0.29) is 36.3 Å². The zero-order valence-corrected chi connectivity index (χ0v) is 13.7. The molecule has 4 nitrogen and oxygen atoms in total. The summed E-state index contributed by atoms with van der Waals surface area (Å²) in [5.41, 5.74) is 6.43. The molecule has 1 aromatic rings. The van der Waals surface area contributed by atoms with Crippen LogP contribution < -0.4 is 11.1 Å². The summed E-state index contributed by atoms with van der Waals surface area (Å²) in [6, 6.07) is 4.90. The van der Waals surface area contributed by atoms with Crippen LogP contribution in [-0.4, -0.2) is 30.4 Å². The van der Waals surface area contributed by atoms with Crippen LogP contribution in [0, 0.1) is 5.82 Å². The lowest BCUT2D eigenvalue weighted by molar-refractivity contribution is -0.132. The third-order valence-electron chi connectivity index (χ3n) is 4.01. The minimum Gasteiger partial charge on any atom is -0.364 e. The van der Waals surface area contributed by atoms with Crippen molar-refractivity contribution < 1.29 is 13.9 Å². The minimum absolute atomic E-state index is 0. The molecule has 1 fully saturated rings. The summed E-state index contributed by atoms with van der Waals surface area (Å²) >= 11 is 1.51. The Kier molecular flexibility index (Phi) is 6.09. The normalized spacial score (nSPS) is 26.9.